The molecule has 0 aromatic carbocycles. The second-order valence-corrected chi connectivity index (χ2v) is 4.65. The van der Waals surface area contributed by atoms with Gasteiger partial charge in [-0.3, -0.25) is 0 Å². The Morgan fingerprint density at radius 1 is 1.00 bits per heavy atom. The van der Waals surface area contributed by atoms with Crippen LogP contribution in [0.1, 0.15) is 25.7 Å². The van der Waals surface area contributed by atoms with E-state index in [1.54, 1.807) is 0 Å². The van der Waals surface area contributed by atoms with Gasteiger partial charge in [-0.1, -0.05) is 0 Å². The molecule has 3 aliphatic heterocycles. The van der Waals surface area contributed by atoms with Crippen LogP contribution in [-0.4, -0.2) is 25.2 Å². The summed E-state index contributed by atoms with van der Waals surface area (Å²) in [6, 6.07) is 1.74. The monoisotopic (exact) mass is 152 g/mol. The highest BCUT2D eigenvalue weighted by molar-refractivity contribution is 5.04. The van der Waals surface area contributed by atoms with E-state index in [0.717, 1.165) is 17.5 Å². The fourth-order valence-corrected chi connectivity index (χ4v) is 3.12. The maximum absolute atomic E-state index is 3.69. The quantitative estimate of drug-likeness (QED) is 0.528. The minimum absolute atomic E-state index is 0.733. The molecule has 0 aliphatic carbocycles. The summed E-state index contributed by atoms with van der Waals surface area (Å²) in [5.74, 6) is 0. The lowest BCUT2D eigenvalue weighted by atomic mass is 9.71. The highest BCUT2D eigenvalue weighted by Gasteiger charge is 2.46. The van der Waals surface area contributed by atoms with Gasteiger partial charge in [-0.05, 0) is 31.1 Å². The fraction of sp³-hybridized carbons (Fsp3) is 1.00. The average Bonchev–Trinajstić information content (AvgIpc) is 2.27. The molecule has 2 nitrogen and oxygen atoms in total. The predicted octanol–water partition coefficient (Wildman–Crippen LogP) is 0.490. The van der Waals surface area contributed by atoms with Crippen molar-refractivity contribution in [3.8, 4) is 0 Å². The van der Waals surface area contributed by atoms with Gasteiger partial charge in [0.2, 0.25) is 0 Å². The Labute approximate surface area is 67.7 Å². The molecule has 0 saturated carbocycles. The zero-order valence-electron chi connectivity index (χ0n) is 6.90. The van der Waals surface area contributed by atoms with E-state index in [2.05, 4.69) is 10.6 Å². The zero-order chi connectivity index (χ0) is 7.31. The second-order valence-electron chi connectivity index (χ2n) is 4.65. The number of rotatable bonds is 0. The molecule has 3 saturated heterocycles. The van der Waals surface area contributed by atoms with Crippen molar-refractivity contribution in [1.82, 2.24) is 10.6 Å². The summed E-state index contributed by atoms with van der Waals surface area (Å²) in [6.45, 7) is 2.59. The van der Waals surface area contributed by atoms with Crippen LogP contribution in [0, 0.1) is 5.41 Å². The molecule has 0 radical (unpaired) electrons. The number of hydrogen-bond acceptors (Lipinski definition) is 2. The largest absolute Gasteiger partial charge is 0.316 e. The van der Waals surface area contributed by atoms with Crippen LogP contribution in [-0.2, 0) is 0 Å². The Balaban J connectivity index is 1.80. The third kappa shape index (κ3) is 0.859. The summed E-state index contributed by atoms with van der Waals surface area (Å²) in [7, 11) is 0. The molecular weight excluding hydrogens is 136 g/mol. The Morgan fingerprint density at radius 2 is 1.64 bits per heavy atom. The summed E-state index contributed by atoms with van der Waals surface area (Å²) in [5.41, 5.74) is 0.733. The molecule has 3 heterocycles. The minimum atomic E-state index is 0.733. The van der Waals surface area contributed by atoms with E-state index in [9.17, 15) is 0 Å². The minimum Gasteiger partial charge on any atom is -0.316 e. The summed E-state index contributed by atoms with van der Waals surface area (Å²) in [4.78, 5) is 0. The lowest BCUT2D eigenvalue weighted by molar-refractivity contribution is 0.0875. The Kier molecular flexibility index (Phi) is 1.16. The summed E-state index contributed by atoms with van der Waals surface area (Å²) in [6.07, 6.45) is 5.76. The molecule has 62 valence electrons. The van der Waals surface area contributed by atoms with E-state index < -0.39 is 0 Å². The maximum Gasteiger partial charge on any atom is 0.00764 e. The van der Waals surface area contributed by atoms with Crippen LogP contribution in [0.2, 0.25) is 0 Å². The molecule has 11 heavy (non-hydrogen) atoms. The van der Waals surface area contributed by atoms with Gasteiger partial charge in [-0.2, -0.15) is 0 Å². The van der Waals surface area contributed by atoms with Crippen LogP contribution in [0.25, 0.3) is 0 Å². The number of nitrogens with one attached hydrogen (secondary N) is 2. The Hall–Kier alpha value is -0.0800. The van der Waals surface area contributed by atoms with Crippen LogP contribution in [0.15, 0.2) is 0 Å². The van der Waals surface area contributed by atoms with E-state index in [-0.39, 0.29) is 0 Å². The van der Waals surface area contributed by atoms with E-state index in [1.807, 2.05) is 0 Å². The molecule has 3 aliphatic rings. The van der Waals surface area contributed by atoms with Crippen LogP contribution < -0.4 is 10.6 Å². The maximum atomic E-state index is 3.69. The molecule has 2 unspecified atom stereocenters. The highest BCUT2D eigenvalue weighted by atomic mass is 15.1. The Morgan fingerprint density at radius 3 is 2.09 bits per heavy atom. The van der Waals surface area contributed by atoms with Gasteiger partial charge >= 0.3 is 0 Å². The third-order valence-electron chi connectivity index (χ3n) is 3.69. The first-order valence-electron chi connectivity index (χ1n) is 4.83. The number of hydrogen-bond donors (Lipinski definition) is 2. The first kappa shape index (κ1) is 6.44. The second kappa shape index (κ2) is 1.99. The lowest BCUT2D eigenvalue weighted by Gasteiger charge is -2.48. The van der Waals surface area contributed by atoms with Gasteiger partial charge in [0.25, 0.3) is 0 Å². The van der Waals surface area contributed by atoms with E-state index in [0.29, 0.717) is 0 Å². The van der Waals surface area contributed by atoms with Crippen molar-refractivity contribution in [3.63, 3.8) is 0 Å². The van der Waals surface area contributed by atoms with Crippen molar-refractivity contribution in [2.45, 2.75) is 37.8 Å². The molecule has 0 amide bonds. The predicted molar refractivity (Wildman–Crippen MR) is 44.5 cm³/mol. The van der Waals surface area contributed by atoms with Gasteiger partial charge in [-0.25, -0.2) is 0 Å². The molecule has 1 spiro atoms. The van der Waals surface area contributed by atoms with E-state index in [4.69, 9.17) is 0 Å². The lowest BCUT2D eigenvalue weighted by Crippen LogP contribution is -2.60. The SMILES string of the molecule is C1CC2CC3(CNC3)CC1N2. The van der Waals surface area contributed by atoms with Gasteiger partial charge in [0.05, 0.1) is 0 Å². The molecule has 0 aromatic rings. The Bertz CT molecular complexity index is 160. The van der Waals surface area contributed by atoms with E-state index >= 15 is 0 Å². The third-order valence-corrected chi connectivity index (χ3v) is 3.69. The molecule has 3 rings (SSSR count). The normalized spacial score (nSPS) is 45.8. The van der Waals surface area contributed by atoms with Gasteiger partial charge in [0, 0.05) is 25.2 Å². The first-order valence-corrected chi connectivity index (χ1v) is 4.83. The topological polar surface area (TPSA) is 24.1 Å². The molecule has 0 aromatic heterocycles. The highest BCUT2D eigenvalue weighted by Crippen LogP contribution is 2.42. The molecular formula is C9H16N2. The summed E-state index contributed by atoms with van der Waals surface area (Å²) < 4.78 is 0. The average molecular weight is 152 g/mol. The van der Waals surface area contributed by atoms with Crippen LogP contribution >= 0.6 is 0 Å². The fourth-order valence-electron chi connectivity index (χ4n) is 3.12. The van der Waals surface area contributed by atoms with Gasteiger partial charge in [0.15, 0.2) is 0 Å². The first-order chi connectivity index (χ1) is 5.36. The summed E-state index contributed by atoms with van der Waals surface area (Å²) in [5, 5.41) is 7.10. The van der Waals surface area contributed by atoms with Crippen molar-refractivity contribution in [2.24, 2.45) is 5.41 Å². The molecule has 3 fully saturated rings. The van der Waals surface area contributed by atoms with Crippen molar-refractivity contribution < 1.29 is 0 Å². The van der Waals surface area contributed by atoms with Crippen molar-refractivity contribution in [3.05, 3.63) is 0 Å². The smallest absolute Gasteiger partial charge is 0.00764 e. The molecule has 2 heteroatoms. The standard InChI is InChI=1S/C9H16N2/c1-2-8-4-9(5-10-6-9)3-7(1)11-8/h7-8,10-11H,1-6H2. The van der Waals surface area contributed by atoms with Crippen molar-refractivity contribution in [1.29, 1.82) is 0 Å². The molecule has 2 N–H and O–H groups in total. The molecule has 2 atom stereocenters. The number of piperidine rings is 1. The van der Waals surface area contributed by atoms with E-state index in [1.165, 1.54) is 38.8 Å². The zero-order valence-corrected chi connectivity index (χ0v) is 6.90. The van der Waals surface area contributed by atoms with Gasteiger partial charge < -0.3 is 10.6 Å². The number of fused-ring (bicyclic) bond motifs is 2. The van der Waals surface area contributed by atoms with Gasteiger partial charge in [-0.15, -0.1) is 0 Å². The van der Waals surface area contributed by atoms with Crippen molar-refractivity contribution in [2.75, 3.05) is 13.1 Å². The van der Waals surface area contributed by atoms with Crippen LogP contribution in [0.3, 0.4) is 0 Å². The van der Waals surface area contributed by atoms with Crippen LogP contribution in [0.5, 0.6) is 0 Å². The molecule has 2 bridgehead atoms. The summed E-state index contributed by atoms with van der Waals surface area (Å²) >= 11 is 0. The van der Waals surface area contributed by atoms with Crippen LogP contribution in [0.4, 0.5) is 0 Å². The van der Waals surface area contributed by atoms with Crippen molar-refractivity contribution >= 4 is 0 Å². The van der Waals surface area contributed by atoms with Gasteiger partial charge in [0.1, 0.15) is 0 Å².